The molecule has 0 amide bonds. The van der Waals surface area contributed by atoms with Crippen LogP contribution in [0.25, 0.3) is 0 Å². The molecule has 1 unspecified atom stereocenters. The summed E-state index contributed by atoms with van der Waals surface area (Å²) < 4.78 is 1.97. The van der Waals surface area contributed by atoms with Crippen molar-refractivity contribution < 1.29 is 0 Å². The fraction of sp³-hybridized carbons (Fsp3) is 0.438. The van der Waals surface area contributed by atoms with Crippen LogP contribution in [0.3, 0.4) is 0 Å². The molecule has 1 aromatic carbocycles. The highest BCUT2D eigenvalue weighted by Crippen LogP contribution is 2.28. The van der Waals surface area contributed by atoms with E-state index < -0.39 is 0 Å². The highest BCUT2D eigenvalue weighted by Gasteiger charge is 2.21. The molecular weight excluding hydrogens is 270 g/mol. The van der Waals surface area contributed by atoms with E-state index >= 15 is 0 Å². The van der Waals surface area contributed by atoms with Gasteiger partial charge in [0.25, 0.3) is 0 Å². The monoisotopic (exact) mass is 291 g/mol. The zero-order chi connectivity index (χ0) is 14.5. The number of halogens is 1. The molecule has 1 atom stereocenters. The lowest BCUT2D eigenvalue weighted by Crippen LogP contribution is -2.26. The molecular formula is C16H22ClN3. The lowest BCUT2D eigenvalue weighted by atomic mass is 10.0. The Morgan fingerprint density at radius 2 is 2.15 bits per heavy atom. The number of aryl methyl sites for hydroxylation is 2. The molecule has 4 heteroatoms. The molecule has 0 aliphatic heterocycles. The number of rotatable bonds is 6. The van der Waals surface area contributed by atoms with Gasteiger partial charge < -0.3 is 5.32 Å². The second-order valence-electron chi connectivity index (χ2n) is 4.99. The van der Waals surface area contributed by atoms with Gasteiger partial charge in [-0.3, -0.25) is 4.68 Å². The summed E-state index contributed by atoms with van der Waals surface area (Å²) >= 11 is 6.36. The van der Waals surface area contributed by atoms with Crippen LogP contribution in [0.4, 0.5) is 0 Å². The highest BCUT2D eigenvalue weighted by molar-refractivity contribution is 6.31. The molecule has 0 saturated heterocycles. The zero-order valence-electron chi connectivity index (χ0n) is 12.4. The second-order valence-corrected chi connectivity index (χ2v) is 5.40. The summed E-state index contributed by atoms with van der Waals surface area (Å²) in [6.07, 6.45) is 2.82. The maximum atomic E-state index is 6.36. The molecule has 1 N–H and O–H groups in total. The summed E-state index contributed by atoms with van der Waals surface area (Å²) in [5, 5.41) is 8.67. The summed E-state index contributed by atoms with van der Waals surface area (Å²) in [7, 11) is 0. The molecule has 0 aliphatic carbocycles. The summed E-state index contributed by atoms with van der Waals surface area (Å²) in [4.78, 5) is 0. The topological polar surface area (TPSA) is 29.9 Å². The van der Waals surface area contributed by atoms with Crippen LogP contribution in [0.15, 0.2) is 30.5 Å². The van der Waals surface area contributed by atoms with Gasteiger partial charge in [0.05, 0.1) is 23.0 Å². The Balaban J connectivity index is 2.44. The lowest BCUT2D eigenvalue weighted by molar-refractivity contribution is 0.530. The first-order valence-corrected chi connectivity index (χ1v) is 7.56. The Morgan fingerprint density at radius 1 is 1.35 bits per heavy atom. The molecule has 0 aliphatic rings. The van der Waals surface area contributed by atoms with E-state index in [2.05, 4.69) is 55.5 Å². The van der Waals surface area contributed by atoms with Gasteiger partial charge in [-0.1, -0.05) is 48.4 Å². The van der Waals surface area contributed by atoms with Gasteiger partial charge in [-0.25, -0.2) is 0 Å². The van der Waals surface area contributed by atoms with Crippen molar-refractivity contribution in [2.75, 3.05) is 6.54 Å². The average Bonchev–Trinajstić information content (AvgIpc) is 2.81. The van der Waals surface area contributed by atoms with Crippen LogP contribution in [0.1, 0.15) is 43.1 Å². The van der Waals surface area contributed by atoms with Crippen molar-refractivity contribution in [3.63, 3.8) is 0 Å². The third-order valence-electron chi connectivity index (χ3n) is 3.38. The Labute approximate surface area is 126 Å². The normalized spacial score (nSPS) is 12.6. The molecule has 1 aromatic heterocycles. The van der Waals surface area contributed by atoms with E-state index in [9.17, 15) is 0 Å². The third kappa shape index (κ3) is 3.22. The van der Waals surface area contributed by atoms with Crippen molar-refractivity contribution in [2.45, 2.75) is 39.8 Å². The standard InChI is InChI=1S/C16H22ClN3/c1-4-9-18-15(13-8-6-7-12(3)10-13)16-14(17)11-19-20(16)5-2/h6-8,10-11,15,18H,4-5,9H2,1-3H3. The molecule has 2 aromatic rings. The molecule has 0 spiro atoms. The molecule has 0 bridgehead atoms. The maximum Gasteiger partial charge on any atom is 0.0837 e. The Morgan fingerprint density at radius 3 is 2.80 bits per heavy atom. The van der Waals surface area contributed by atoms with Gasteiger partial charge in [0.2, 0.25) is 0 Å². The zero-order valence-corrected chi connectivity index (χ0v) is 13.1. The molecule has 3 nitrogen and oxygen atoms in total. The minimum absolute atomic E-state index is 0.0878. The molecule has 1 heterocycles. The third-order valence-corrected chi connectivity index (χ3v) is 3.67. The van der Waals surface area contributed by atoms with Crippen molar-refractivity contribution >= 4 is 11.6 Å². The van der Waals surface area contributed by atoms with Gasteiger partial charge in [-0.05, 0) is 32.4 Å². The van der Waals surface area contributed by atoms with E-state index in [1.807, 2.05) is 4.68 Å². The van der Waals surface area contributed by atoms with Gasteiger partial charge in [0.15, 0.2) is 0 Å². The Kier molecular flexibility index (Phi) is 5.21. The molecule has 108 valence electrons. The van der Waals surface area contributed by atoms with E-state index in [1.165, 1.54) is 11.1 Å². The summed E-state index contributed by atoms with van der Waals surface area (Å²) in [5.41, 5.74) is 3.54. The van der Waals surface area contributed by atoms with E-state index in [0.29, 0.717) is 0 Å². The first kappa shape index (κ1) is 15.1. The summed E-state index contributed by atoms with van der Waals surface area (Å²) in [6.45, 7) is 8.13. The van der Waals surface area contributed by atoms with Crippen molar-refractivity contribution in [3.8, 4) is 0 Å². The molecule has 20 heavy (non-hydrogen) atoms. The van der Waals surface area contributed by atoms with E-state index in [-0.39, 0.29) is 6.04 Å². The largest absolute Gasteiger partial charge is 0.305 e. The fourth-order valence-corrected chi connectivity index (χ4v) is 2.67. The van der Waals surface area contributed by atoms with Crippen LogP contribution in [0.5, 0.6) is 0 Å². The molecule has 0 saturated carbocycles. The van der Waals surface area contributed by atoms with Crippen LogP contribution < -0.4 is 5.32 Å². The number of benzene rings is 1. The van der Waals surface area contributed by atoms with Gasteiger partial charge in [-0.15, -0.1) is 0 Å². The minimum atomic E-state index is 0.0878. The van der Waals surface area contributed by atoms with E-state index in [4.69, 9.17) is 11.6 Å². The van der Waals surface area contributed by atoms with E-state index in [1.54, 1.807) is 6.20 Å². The van der Waals surface area contributed by atoms with Crippen molar-refractivity contribution in [1.82, 2.24) is 15.1 Å². The summed E-state index contributed by atoms with van der Waals surface area (Å²) in [6, 6.07) is 8.63. The second kappa shape index (κ2) is 6.91. The number of hydrogen-bond acceptors (Lipinski definition) is 2. The fourth-order valence-electron chi connectivity index (χ4n) is 2.42. The van der Waals surface area contributed by atoms with E-state index in [0.717, 1.165) is 30.2 Å². The van der Waals surface area contributed by atoms with Crippen LogP contribution in [-0.2, 0) is 6.54 Å². The summed E-state index contributed by atoms with van der Waals surface area (Å²) in [5.74, 6) is 0. The quantitative estimate of drug-likeness (QED) is 0.873. The Hall–Kier alpha value is -1.32. The van der Waals surface area contributed by atoms with Crippen LogP contribution >= 0.6 is 11.6 Å². The van der Waals surface area contributed by atoms with Gasteiger partial charge in [0.1, 0.15) is 0 Å². The minimum Gasteiger partial charge on any atom is -0.305 e. The van der Waals surface area contributed by atoms with Crippen molar-refractivity contribution in [1.29, 1.82) is 0 Å². The van der Waals surface area contributed by atoms with Crippen LogP contribution in [0.2, 0.25) is 5.02 Å². The predicted octanol–water partition coefficient (Wildman–Crippen LogP) is 3.95. The molecule has 2 rings (SSSR count). The van der Waals surface area contributed by atoms with Crippen LogP contribution in [-0.4, -0.2) is 16.3 Å². The molecule has 0 radical (unpaired) electrons. The number of nitrogens with zero attached hydrogens (tertiary/aromatic N) is 2. The maximum absolute atomic E-state index is 6.36. The SMILES string of the molecule is CCCNC(c1cccc(C)c1)c1c(Cl)cnn1CC. The first-order valence-electron chi connectivity index (χ1n) is 7.18. The highest BCUT2D eigenvalue weighted by atomic mass is 35.5. The Bertz CT molecular complexity index is 563. The average molecular weight is 292 g/mol. The van der Waals surface area contributed by atoms with Crippen molar-refractivity contribution in [3.05, 3.63) is 52.3 Å². The number of nitrogens with one attached hydrogen (secondary N) is 1. The van der Waals surface area contributed by atoms with Gasteiger partial charge >= 0.3 is 0 Å². The lowest BCUT2D eigenvalue weighted by Gasteiger charge is -2.21. The van der Waals surface area contributed by atoms with Gasteiger partial charge in [-0.2, -0.15) is 5.10 Å². The van der Waals surface area contributed by atoms with Crippen molar-refractivity contribution in [2.24, 2.45) is 0 Å². The number of aromatic nitrogens is 2. The number of hydrogen-bond donors (Lipinski definition) is 1. The van der Waals surface area contributed by atoms with Gasteiger partial charge in [0, 0.05) is 6.54 Å². The first-order chi connectivity index (χ1) is 9.67. The predicted molar refractivity (Wildman–Crippen MR) is 84.2 cm³/mol. The smallest absolute Gasteiger partial charge is 0.0837 e. The van der Waals surface area contributed by atoms with Crippen LogP contribution in [0, 0.1) is 6.92 Å². The molecule has 0 fully saturated rings.